The van der Waals surface area contributed by atoms with Gasteiger partial charge in [-0.2, -0.15) is 0 Å². The van der Waals surface area contributed by atoms with Crippen molar-refractivity contribution < 1.29 is 12.8 Å². The van der Waals surface area contributed by atoms with Gasteiger partial charge in [0.2, 0.25) is 8.32 Å². The minimum absolute atomic E-state index is 0.202. The molecule has 0 bridgehead atoms. The zero-order chi connectivity index (χ0) is 20.1. The van der Waals surface area contributed by atoms with Crippen molar-refractivity contribution in [2.45, 2.75) is 83.0 Å². The Morgan fingerprint density at radius 2 is 1.31 bits per heavy atom. The lowest BCUT2D eigenvalue weighted by Crippen LogP contribution is -2.50. The molecule has 0 aliphatic heterocycles. The van der Waals surface area contributed by atoms with E-state index in [4.69, 9.17) is 4.43 Å². The zero-order valence-electron chi connectivity index (χ0n) is 17.6. The van der Waals surface area contributed by atoms with Crippen LogP contribution >= 0.6 is 0 Å². The first-order chi connectivity index (χ1) is 11.9. The first kappa shape index (κ1) is 23.1. The molecule has 5 heteroatoms. The van der Waals surface area contributed by atoms with E-state index < -0.39 is 18.2 Å². The first-order valence-corrected chi connectivity index (χ1v) is 13.3. The maximum atomic E-state index is 12.6. The molecular formula is C21H36O3SSi. The fraction of sp³-hybridized carbons (Fsp3) is 0.619. The van der Waals surface area contributed by atoms with Crippen molar-refractivity contribution in [2.24, 2.45) is 5.92 Å². The highest BCUT2D eigenvalue weighted by atomic mass is 32.2. The minimum atomic E-state index is -3.45. The van der Waals surface area contributed by atoms with Crippen molar-refractivity contribution in [3.63, 3.8) is 0 Å². The average Bonchev–Trinajstić information content (AvgIpc) is 2.54. The Morgan fingerprint density at radius 1 is 0.846 bits per heavy atom. The molecule has 0 radical (unpaired) electrons. The summed E-state index contributed by atoms with van der Waals surface area (Å²) in [6.07, 6.45) is 1.55. The lowest BCUT2D eigenvalue weighted by molar-refractivity contribution is 0.171. The van der Waals surface area contributed by atoms with E-state index in [1.807, 2.05) is 6.07 Å². The molecular weight excluding hydrogens is 360 g/mol. The molecule has 0 aromatic heterocycles. The summed E-state index contributed by atoms with van der Waals surface area (Å²) in [5, 5.41) is 1.33. The molecule has 1 aromatic rings. The zero-order valence-corrected chi connectivity index (χ0v) is 19.4. The van der Waals surface area contributed by atoms with Crippen molar-refractivity contribution >= 4 is 18.2 Å². The van der Waals surface area contributed by atoms with Crippen molar-refractivity contribution in [3.05, 3.63) is 41.8 Å². The second-order valence-corrected chi connectivity index (χ2v) is 15.6. The van der Waals surface area contributed by atoms with Gasteiger partial charge in [-0.15, -0.1) is 0 Å². The van der Waals surface area contributed by atoms with Gasteiger partial charge in [-0.3, -0.25) is 0 Å². The van der Waals surface area contributed by atoms with Gasteiger partial charge in [0.15, 0.2) is 9.84 Å². The first-order valence-electron chi connectivity index (χ1n) is 9.61. The van der Waals surface area contributed by atoms with Gasteiger partial charge >= 0.3 is 0 Å². The van der Waals surface area contributed by atoms with Crippen LogP contribution < -0.4 is 0 Å². The molecule has 0 amide bonds. The van der Waals surface area contributed by atoms with Gasteiger partial charge in [0.05, 0.1) is 11.0 Å². The van der Waals surface area contributed by atoms with E-state index in [0.717, 1.165) is 0 Å². The molecule has 0 saturated carbocycles. The lowest BCUT2D eigenvalue weighted by Gasteiger charge is -2.45. The molecule has 0 spiro atoms. The molecule has 0 unspecified atom stereocenters. The number of hydrogen-bond donors (Lipinski definition) is 0. The van der Waals surface area contributed by atoms with Crippen LogP contribution in [0.5, 0.6) is 0 Å². The molecule has 3 nitrogen and oxygen atoms in total. The monoisotopic (exact) mass is 396 g/mol. The molecule has 26 heavy (non-hydrogen) atoms. The van der Waals surface area contributed by atoms with E-state index in [1.54, 1.807) is 30.3 Å². The van der Waals surface area contributed by atoms with Crippen LogP contribution in [0.15, 0.2) is 46.7 Å². The molecule has 0 aliphatic carbocycles. The summed E-state index contributed by atoms with van der Waals surface area (Å²) in [6, 6.07) is 8.55. The Morgan fingerprint density at radius 3 is 1.69 bits per heavy atom. The Kier molecular flexibility index (Phi) is 8.30. The summed E-state index contributed by atoms with van der Waals surface area (Å²) in [5.74, 6) is 0.209. The van der Waals surface area contributed by atoms with Gasteiger partial charge < -0.3 is 4.43 Å². The third-order valence-electron chi connectivity index (χ3n) is 5.22. The Labute approximate surface area is 161 Å². The highest BCUT2D eigenvalue weighted by Gasteiger charge is 2.46. The van der Waals surface area contributed by atoms with E-state index >= 15 is 0 Å². The fourth-order valence-corrected chi connectivity index (χ4v) is 10.6. The van der Waals surface area contributed by atoms with Crippen molar-refractivity contribution in [3.8, 4) is 0 Å². The van der Waals surface area contributed by atoms with E-state index in [1.165, 1.54) is 5.41 Å². The summed E-state index contributed by atoms with van der Waals surface area (Å²) in [5.41, 5.74) is 1.38. The highest BCUT2D eigenvalue weighted by Crippen LogP contribution is 2.43. The van der Waals surface area contributed by atoms with E-state index in [0.29, 0.717) is 21.5 Å². The molecule has 0 heterocycles. The summed E-state index contributed by atoms with van der Waals surface area (Å²) in [6.45, 7) is 17.6. The van der Waals surface area contributed by atoms with Crippen LogP contribution in [0, 0.1) is 5.92 Å². The highest BCUT2D eigenvalue weighted by molar-refractivity contribution is 7.94. The second-order valence-electron chi connectivity index (χ2n) is 8.33. The predicted molar refractivity (Wildman–Crippen MR) is 114 cm³/mol. The predicted octanol–water partition coefficient (Wildman–Crippen LogP) is 6.19. The van der Waals surface area contributed by atoms with Crippen LogP contribution in [-0.4, -0.2) is 22.8 Å². The quantitative estimate of drug-likeness (QED) is 0.467. The lowest BCUT2D eigenvalue weighted by atomic mass is 10.1. The van der Waals surface area contributed by atoms with Crippen LogP contribution in [0.4, 0.5) is 0 Å². The Balaban J connectivity index is 3.20. The second kappa shape index (κ2) is 9.33. The molecule has 0 N–H and O–H groups in total. The SMILES string of the molecule is CC(C)[C@@H](/C=C/S(=O)(=O)c1ccccc1)O[Si](C(C)C)(C(C)C)C(C)C. The van der Waals surface area contributed by atoms with Crippen molar-refractivity contribution in [2.75, 3.05) is 0 Å². The fourth-order valence-electron chi connectivity index (χ4n) is 3.91. The number of hydrogen-bond acceptors (Lipinski definition) is 3. The smallest absolute Gasteiger partial charge is 0.201 e. The number of sulfone groups is 1. The summed E-state index contributed by atoms with van der Waals surface area (Å²) in [4.78, 5) is 0.318. The van der Waals surface area contributed by atoms with Gasteiger partial charge in [-0.1, -0.05) is 73.6 Å². The maximum absolute atomic E-state index is 12.6. The van der Waals surface area contributed by atoms with Gasteiger partial charge in [0.1, 0.15) is 0 Å². The van der Waals surface area contributed by atoms with Crippen molar-refractivity contribution in [1.29, 1.82) is 0 Å². The van der Waals surface area contributed by atoms with Crippen LogP contribution in [0.2, 0.25) is 16.6 Å². The van der Waals surface area contributed by atoms with Crippen LogP contribution in [0.25, 0.3) is 0 Å². The molecule has 148 valence electrons. The van der Waals surface area contributed by atoms with E-state index in [9.17, 15) is 8.42 Å². The molecule has 1 atom stereocenters. The normalized spacial score (nSPS) is 14.9. The third-order valence-corrected chi connectivity index (χ3v) is 12.8. The molecule has 0 aliphatic rings. The molecule has 0 saturated heterocycles. The largest absolute Gasteiger partial charge is 0.409 e. The third kappa shape index (κ3) is 5.30. The summed E-state index contributed by atoms with van der Waals surface area (Å²) >= 11 is 0. The van der Waals surface area contributed by atoms with E-state index in [2.05, 4.69) is 55.4 Å². The Hall–Kier alpha value is -0.913. The average molecular weight is 397 g/mol. The van der Waals surface area contributed by atoms with Crippen LogP contribution in [-0.2, 0) is 14.3 Å². The molecule has 0 fully saturated rings. The number of benzene rings is 1. The standard InChI is InChI=1S/C21H36O3SSi/c1-16(2)21(24-26(17(3)4,18(5)6)19(7)8)14-15-25(22,23)20-12-10-9-11-13-20/h9-19,21H,1-8H3/b15-14+/t21-/m1/s1. The van der Waals surface area contributed by atoms with Gasteiger partial charge in [-0.25, -0.2) is 8.42 Å². The van der Waals surface area contributed by atoms with Crippen molar-refractivity contribution in [1.82, 2.24) is 0 Å². The van der Waals surface area contributed by atoms with E-state index in [-0.39, 0.29) is 12.0 Å². The number of rotatable bonds is 9. The minimum Gasteiger partial charge on any atom is -0.409 e. The maximum Gasteiger partial charge on any atom is 0.201 e. The molecule has 1 aromatic carbocycles. The topological polar surface area (TPSA) is 43.4 Å². The Bertz CT molecular complexity index is 655. The van der Waals surface area contributed by atoms with Crippen LogP contribution in [0.3, 0.4) is 0 Å². The summed E-state index contributed by atoms with van der Waals surface area (Å²) in [7, 11) is -5.53. The van der Waals surface area contributed by atoms with Gasteiger partial charge in [0.25, 0.3) is 0 Å². The summed E-state index contributed by atoms with van der Waals surface area (Å²) < 4.78 is 32.0. The van der Waals surface area contributed by atoms with Crippen LogP contribution in [0.1, 0.15) is 55.4 Å². The molecule has 1 rings (SSSR count). The van der Waals surface area contributed by atoms with Gasteiger partial charge in [-0.05, 0) is 40.8 Å². The van der Waals surface area contributed by atoms with Gasteiger partial charge in [0, 0.05) is 5.41 Å².